The first-order valence-corrected chi connectivity index (χ1v) is 10.0. The lowest BCUT2D eigenvalue weighted by Gasteiger charge is -2.27. The average Bonchev–Trinajstić information content (AvgIpc) is 2.67. The highest BCUT2D eigenvalue weighted by Crippen LogP contribution is 2.22. The number of amides is 1. The van der Waals surface area contributed by atoms with E-state index >= 15 is 0 Å². The van der Waals surface area contributed by atoms with Gasteiger partial charge in [0.2, 0.25) is 0 Å². The van der Waals surface area contributed by atoms with Crippen molar-refractivity contribution >= 4 is 23.3 Å². The Balaban J connectivity index is 1.47. The van der Waals surface area contributed by atoms with Crippen molar-refractivity contribution in [2.24, 2.45) is 0 Å². The third kappa shape index (κ3) is 5.32. The maximum atomic E-state index is 12.5. The van der Waals surface area contributed by atoms with Gasteiger partial charge in [-0.1, -0.05) is 18.0 Å². The summed E-state index contributed by atoms with van der Waals surface area (Å²) in [6, 6.07) is 1.75. The van der Waals surface area contributed by atoms with E-state index in [1.165, 1.54) is 38.8 Å². The third-order valence-electron chi connectivity index (χ3n) is 5.12. The molecule has 2 saturated heterocycles. The Morgan fingerprint density at radius 3 is 2.44 bits per heavy atom. The number of pyridine rings is 1. The van der Waals surface area contributed by atoms with Crippen LogP contribution in [0.3, 0.4) is 0 Å². The minimum atomic E-state index is 0.0470. The summed E-state index contributed by atoms with van der Waals surface area (Å²) in [5, 5.41) is 3.83. The van der Waals surface area contributed by atoms with E-state index < -0.39 is 0 Å². The maximum Gasteiger partial charge on any atom is 0.255 e. The molecule has 1 N–H and O–H groups in total. The molecule has 0 aromatic carbocycles. The van der Waals surface area contributed by atoms with E-state index in [-0.39, 0.29) is 5.91 Å². The van der Waals surface area contributed by atoms with Crippen molar-refractivity contribution in [2.45, 2.75) is 44.9 Å². The van der Waals surface area contributed by atoms with Crippen LogP contribution in [-0.4, -0.2) is 60.0 Å². The Morgan fingerprint density at radius 1 is 1.08 bits per heavy atom. The topological polar surface area (TPSA) is 48.5 Å². The van der Waals surface area contributed by atoms with Crippen molar-refractivity contribution in [1.82, 2.24) is 14.8 Å². The first-order chi connectivity index (χ1) is 12.2. The van der Waals surface area contributed by atoms with E-state index in [1.807, 2.05) is 4.90 Å². The number of rotatable bonds is 6. The van der Waals surface area contributed by atoms with Gasteiger partial charge < -0.3 is 15.1 Å². The summed E-state index contributed by atoms with van der Waals surface area (Å²) in [7, 11) is 0. The second kappa shape index (κ2) is 9.39. The van der Waals surface area contributed by atoms with E-state index in [2.05, 4.69) is 15.2 Å². The Labute approximate surface area is 155 Å². The summed E-state index contributed by atoms with van der Waals surface area (Å²) in [5.74, 6) is 0.723. The van der Waals surface area contributed by atoms with Crippen LogP contribution in [-0.2, 0) is 0 Å². The molecule has 0 unspecified atom stereocenters. The third-order valence-corrected chi connectivity index (χ3v) is 5.41. The van der Waals surface area contributed by atoms with E-state index in [1.54, 1.807) is 12.3 Å². The largest absolute Gasteiger partial charge is 0.369 e. The maximum absolute atomic E-state index is 12.5. The molecule has 5 nitrogen and oxygen atoms in total. The lowest BCUT2D eigenvalue weighted by molar-refractivity contribution is 0.0724. The van der Waals surface area contributed by atoms with Crippen LogP contribution in [0.4, 0.5) is 5.82 Å². The highest BCUT2D eigenvalue weighted by atomic mass is 35.5. The molecule has 0 atom stereocenters. The Kier molecular flexibility index (Phi) is 6.93. The van der Waals surface area contributed by atoms with Crippen molar-refractivity contribution in [3.63, 3.8) is 0 Å². The molecule has 2 aliphatic rings. The van der Waals surface area contributed by atoms with Crippen molar-refractivity contribution in [2.75, 3.05) is 44.6 Å². The number of anilines is 1. The molecule has 0 bridgehead atoms. The van der Waals surface area contributed by atoms with Crippen molar-refractivity contribution in [3.05, 3.63) is 22.8 Å². The molecular formula is C19H29ClN4O. The number of carbonyl (C=O) groups excluding carboxylic acids is 1. The quantitative estimate of drug-likeness (QED) is 0.783. The number of piperidine rings is 2. The number of nitrogens with zero attached hydrogens (tertiary/aromatic N) is 3. The minimum absolute atomic E-state index is 0.0470. The van der Waals surface area contributed by atoms with Crippen molar-refractivity contribution in [3.8, 4) is 0 Å². The fraction of sp³-hybridized carbons (Fsp3) is 0.684. The van der Waals surface area contributed by atoms with E-state index in [4.69, 9.17) is 11.6 Å². The predicted molar refractivity (Wildman–Crippen MR) is 102 cm³/mol. The van der Waals surface area contributed by atoms with Crippen LogP contribution >= 0.6 is 11.6 Å². The molecule has 3 rings (SSSR count). The molecule has 1 aromatic heterocycles. The van der Waals surface area contributed by atoms with E-state index in [0.29, 0.717) is 16.4 Å². The minimum Gasteiger partial charge on any atom is -0.369 e. The summed E-state index contributed by atoms with van der Waals surface area (Å²) in [4.78, 5) is 21.3. The monoisotopic (exact) mass is 364 g/mol. The van der Waals surface area contributed by atoms with Crippen LogP contribution in [0.5, 0.6) is 0 Å². The molecule has 2 aliphatic heterocycles. The van der Waals surface area contributed by atoms with Gasteiger partial charge in [0, 0.05) is 25.8 Å². The molecule has 3 heterocycles. The highest BCUT2D eigenvalue weighted by Gasteiger charge is 2.19. The molecule has 2 fully saturated rings. The number of hydrogen-bond acceptors (Lipinski definition) is 4. The Morgan fingerprint density at radius 2 is 1.76 bits per heavy atom. The molecule has 0 radical (unpaired) electrons. The SMILES string of the molecule is O=C(c1cnc(NCCCN2CCCCC2)c(Cl)c1)N1CCCCC1. The smallest absolute Gasteiger partial charge is 0.255 e. The van der Waals surface area contributed by atoms with E-state index in [0.717, 1.165) is 45.4 Å². The number of likely N-dealkylation sites (tertiary alicyclic amines) is 2. The lowest BCUT2D eigenvalue weighted by Crippen LogP contribution is -2.35. The van der Waals surface area contributed by atoms with Crippen molar-refractivity contribution in [1.29, 1.82) is 0 Å². The summed E-state index contributed by atoms with van der Waals surface area (Å²) >= 11 is 6.33. The van der Waals surface area contributed by atoms with Crippen LogP contribution in [0, 0.1) is 0 Å². The zero-order chi connectivity index (χ0) is 17.5. The molecule has 1 aromatic rings. The second-order valence-corrected chi connectivity index (χ2v) is 7.50. The zero-order valence-corrected chi connectivity index (χ0v) is 15.7. The first kappa shape index (κ1) is 18.5. The summed E-state index contributed by atoms with van der Waals surface area (Å²) in [5.41, 5.74) is 0.589. The fourth-order valence-corrected chi connectivity index (χ4v) is 3.89. The number of halogens is 1. The van der Waals surface area contributed by atoms with Gasteiger partial charge in [0.1, 0.15) is 5.82 Å². The number of hydrogen-bond donors (Lipinski definition) is 1. The van der Waals surface area contributed by atoms with Crippen LogP contribution in [0.25, 0.3) is 0 Å². The Hall–Kier alpha value is -1.33. The highest BCUT2D eigenvalue weighted by molar-refractivity contribution is 6.33. The first-order valence-electron chi connectivity index (χ1n) is 9.65. The zero-order valence-electron chi connectivity index (χ0n) is 15.0. The predicted octanol–water partition coefficient (Wildman–Crippen LogP) is 3.65. The van der Waals surface area contributed by atoms with Gasteiger partial charge >= 0.3 is 0 Å². The summed E-state index contributed by atoms with van der Waals surface area (Å²) in [6.45, 7) is 6.11. The molecule has 0 saturated carbocycles. The molecule has 0 aliphatic carbocycles. The van der Waals surface area contributed by atoms with Gasteiger partial charge in [-0.2, -0.15) is 0 Å². The molecule has 1 amide bonds. The molecule has 138 valence electrons. The van der Waals surface area contributed by atoms with Gasteiger partial charge in [-0.25, -0.2) is 4.98 Å². The van der Waals surface area contributed by atoms with Gasteiger partial charge in [-0.05, 0) is 64.2 Å². The lowest BCUT2D eigenvalue weighted by atomic mass is 10.1. The van der Waals surface area contributed by atoms with Gasteiger partial charge in [0.05, 0.1) is 10.6 Å². The number of nitrogens with one attached hydrogen (secondary N) is 1. The van der Waals surface area contributed by atoms with Crippen LogP contribution in [0.15, 0.2) is 12.3 Å². The normalized spacial score (nSPS) is 19.0. The van der Waals surface area contributed by atoms with E-state index in [9.17, 15) is 4.79 Å². The van der Waals surface area contributed by atoms with Crippen LogP contribution in [0.2, 0.25) is 5.02 Å². The average molecular weight is 365 g/mol. The molecule has 6 heteroatoms. The Bertz CT molecular complexity index is 569. The van der Waals surface area contributed by atoms with Gasteiger partial charge in [-0.15, -0.1) is 0 Å². The van der Waals surface area contributed by atoms with Gasteiger partial charge in [0.25, 0.3) is 5.91 Å². The van der Waals surface area contributed by atoms with Crippen LogP contribution < -0.4 is 5.32 Å². The van der Waals surface area contributed by atoms with Crippen LogP contribution in [0.1, 0.15) is 55.3 Å². The number of aromatic nitrogens is 1. The number of carbonyl (C=O) groups is 1. The fourth-order valence-electron chi connectivity index (χ4n) is 3.66. The molecular weight excluding hydrogens is 336 g/mol. The van der Waals surface area contributed by atoms with Gasteiger partial charge in [-0.3, -0.25) is 4.79 Å². The summed E-state index contributed by atoms with van der Waals surface area (Å²) < 4.78 is 0. The van der Waals surface area contributed by atoms with Crippen molar-refractivity contribution < 1.29 is 4.79 Å². The summed E-state index contributed by atoms with van der Waals surface area (Å²) in [6.07, 6.45) is 10.1. The standard InChI is InChI=1S/C19H29ClN4O/c20-17-14-16(19(25)24-12-5-2-6-13-24)15-22-18(17)21-8-7-11-23-9-3-1-4-10-23/h14-15H,1-13H2,(H,21,22). The molecule has 25 heavy (non-hydrogen) atoms. The second-order valence-electron chi connectivity index (χ2n) is 7.09. The van der Waals surface area contributed by atoms with Gasteiger partial charge in [0.15, 0.2) is 0 Å². The molecule has 0 spiro atoms.